The van der Waals surface area contributed by atoms with Gasteiger partial charge in [-0.25, -0.2) is 0 Å². The van der Waals surface area contributed by atoms with Crippen LogP contribution in [-0.2, 0) is 0 Å². The van der Waals surface area contributed by atoms with Crippen molar-refractivity contribution in [2.45, 2.75) is 32.2 Å². The predicted molar refractivity (Wildman–Crippen MR) is 82.3 cm³/mol. The lowest BCUT2D eigenvalue weighted by atomic mass is 10.0. The third kappa shape index (κ3) is 2.81. The minimum Gasteiger partial charge on any atom is -0.382 e. The Morgan fingerprint density at radius 2 is 1.53 bits per heavy atom. The van der Waals surface area contributed by atoms with E-state index >= 15 is 0 Å². The Hall–Kier alpha value is -1.76. The second-order valence-electron chi connectivity index (χ2n) is 5.60. The van der Waals surface area contributed by atoms with Gasteiger partial charge >= 0.3 is 0 Å². The van der Waals surface area contributed by atoms with Gasteiger partial charge in [0.2, 0.25) is 0 Å². The van der Waals surface area contributed by atoms with Gasteiger partial charge in [-0.1, -0.05) is 55.8 Å². The van der Waals surface area contributed by atoms with Gasteiger partial charge in [0.05, 0.1) is 0 Å². The number of nitrogens with one attached hydrogen (secondary N) is 1. The zero-order chi connectivity index (χ0) is 13.1. The van der Waals surface area contributed by atoms with Gasteiger partial charge in [-0.05, 0) is 42.0 Å². The highest BCUT2D eigenvalue weighted by Gasteiger charge is 2.22. The van der Waals surface area contributed by atoms with E-state index in [2.05, 4.69) is 66.8 Å². The van der Waals surface area contributed by atoms with Crippen LogP contribution in [0, 0.1) is 5.92 Å². The smallest absolute Gasteiger partial charge is 0.0342 e. The van der Waals surface area contributed by atoms with E-state index in [4.69, 9.17) is 0 Å². The molecular formula is C18H21N. The maximum Gasteiger partial charge on any atom is 0.0342 e. The van der Waals surface area contributed by atoms with Gasteiger partial charge in [-0.15, -0.1) is 0 Å². The van der Waals surface area contributed by atoms with Crippen LogP contribution in [0.15, 0.2) is 54.6 Å². The molecule has 0 saturated heterocycles. The fourth-order valence-electron chi connectivity index (χ4n) is 2.96. The van der Waals surface area contributed by atoms with Crippen molar-refractivity contribution in [3.8, 4) is 11.1 Å². The van der Waals surface area contributed by atoms with Crippen molar-refractivity contribution in [1.82, 2.24) is 0 Å². The quantitative estimate of drug-likeness (QED) is 0.813. The molecule has 1 fully saturated rings. The largest absolute Gasteiger partial charge is 0.382 e. The summed E-state index contributed by atoms with van der Waals surface area (Å²) in [7, 11) is 0. The monoisotopic (exact) mass is 251 g/mol. The topological polar surface area (TPSA) is 12.0 Å². The van der Waals surface area contributed by atoms with E-state index in [-0.39, 0.29) is 0 Å². The van der Waals surface area contributed by atoms with Crippen LogP contribution in [0.25, 0.3) is 11.1 Å². The van der Waals surface area contributed by atoms with Crippen LogP contribution >= 0.6 is 0 Å². The lowest BCUT2D eigenvalue weighted by molar-refractivity contribution is 0.556. The molecule has 3 rings (SSSR count). The summed E-state index contributed by atoms with van der Waals surface area (Å²) < 4.78 is 0. The molecule has 1 aliphatic rings. The predicted octanol–water partition coefficient (Wildman–Crippen LogP) is 4.95. The molecule has 0 aliphatic heterocycles. The Morgan fingerprint density at radius 3 is 2.16 bits per heavy atom. The SMILES string of the molecule is CC1CCCC1Nc1ccc(-c2ccccc2)cc1. The van der Waals surface area contributed by atoms with Crippen molar-refractivity contribution in [3.05, 3.63) is 54.6 Å². The molecule has 0 bridgehead atoms. The van der Waals surface area contributed by atoms with Crippen LogP contribution in [0.5, 0.6) is 0 Å². The van der Waals surface area contributed by atoms with Gasteiger partial charge in [0.25, 0.3) is 0 Å². The Labute approximate surface area is 115 Å². The highest BCUT2D eigenvalue weighted by molar-refractivity contribution is 5.65. The molecule has 2 unspecified atom stereocenters. The van der Waals surface area contributed by atoms with Crippen LogP contribution in [-0.4, -0.2) is 6.04 Å². The highest BCUT2D eigenvalue weighted by Crippen LogP contribution is 2.28. The summed E-state index contributed by atoms with van der Waals surface area (Å²) in [5.74, 6) is 0.800. The number of hydrogen-bond acceptors (Lipinski definition) is 1. The van der Waals surface area contributed by atoms with Gasteiger partial charge < -0.3 is 5.32 Å². The molecule has 0 spiro atoms. The molecule has 19 heavy (non-hydrogen) atoms. The zero-order valence-electron chi connectivity index (χ0n) is 11.5. The Kier molecular flexibility index (Phi) is 3.54. The first-order valence-electron chi connectivity index (χ1n) is 7.25. The summed E-state index contributed by atoms with van der Waals surface area (Å²) in [6, 6.07) is 20.0. The van der Waals surface area contributed by atoms with E-state index in [0.29, 0.717) is 6.04 Å². The number of benzene rings is 2. The van der Waals surface area contributed by atoms with Crippen molar-refractivity contribution in [3.63, 3.8) is 0 Å². The van der Waals surface area contributed by atoms with Crippen molar-refractivity contribution in [2.24, 2.45) is 5.92 Å². The van der Waals surface area contributed by atoms with E-state index < -0.39 is 0 Å². The normalized spacial score (nSPS) is 22.4. The standard InChI is InChI=1S/C18H21N/c1-14-6-5-9-18(14)19-17-12-10-16(11-13-17)15-7-3-2-4-8-15/h2-4,7-8,10-14,18-19H,5-6,9H2,1H3. The van der Waals surface area contributed by atoms with E-state index in [1.165, 1.54) is 36.1 Å². The summed E-state index contributed by atoms with van der Waals surface area (Å²) >= 11 is 0. The molecule has 0 aromatic heterocycles. The Bertz CT molecular complexity index is 515. The third-order valence-electron chi connectivity index (χ3n) is 4.21. The fourth-order valence-corrected chi connectivity index (χ4v) is 2.96. The highest BCUT2D eigenvalue weighted by atomic mass is 14.9. The van der Waals surface area contributed by atoms with Gasteiger partial charge in [0.15, 0.2) is 0 Å². The Morgan fingerprint density at radius 1 is 0.842 bits per heavy atom. The molecule has 2 aromatic carbocycles. The number of anilines is 1. The molecule has 0 amide bonds. The lowest BCUT2D eigenvalue weighted by Gasteiger charge is -2.18. The average molecular weight is 251 g/mol. The summed E-state index contributed by atoms with van der Waals surface area (Å²) in [5, 5.41) is 3.67. The van der Waals surface area contributed by atoms with E-state index in [1.54, 1.807) is 0 Å². The summed E-state index contributed by atoms with van der Waals surface area (Å²) in [6.45, 7) is 2.35. The van der Waals surface area contributed by atoms with Gasteiger partial charge in [0, 0.05) is 11.7 Å². The second-order valence-corrected chi connectivity index (χ2v) is 5.60. The van der Waals surface area contributed by atoms with Gasteiger partial charge in [-0.3, -0.25) is 0 Å². The molecule has 1 nitrogen and oxygen atoms in total. The van der Waals surface area contributed by atoms with Gasteiger partial charge in [-0.2, -0.15) is 0 Å². The molecular weight excluding hydrogens is 230 g/mol. The minimum absolute atomic E-state index is 0.655. The molecule has 1 saturated carbocycles. The zero-order valence-corrected chi connectivity index (χ0v) is 11.5. The maximum absolute atomic E-state index is 3.67. The van der Waals surface area contributed by atoms with Crippen LogP contribution < -0.4 is 5.32 Å². The summed E-state index contributed by atoms with van der Waals surface area (Å²) in [4.78, 5) is 0. The van der Waals surface area contributed by atoms with Crippen molar-refractivity contribution in [1.29, 1.82) is 0 Å². The van der Waals surface area contributed by atoms with Crippen LogP contribution in [0.4, 0.5) is 5.69 Å². The minimum atomic E-state index is 0.655. The summed E-state index contributed by atoms with van der Waals surface area (Å²) in [6.07, 6.45) is 4.03. The van der Waals surface area contributed by atoms with E-state index in [0.717, 1.165) is 5.92 Å². The van der Waals surface area contributed by atoms with Gasteiger partial charge in [0.1, 0.15) is 0 Å². The molecule has 2 aromatic rings. The second kappa shape index (κ2) is 5.48. The molecule has 1 heteroatoms. The van der Waals surface area contributed by atoms with Crippen LogP contribution in [0.1, 0.15) is 26.2 Å². The first-order chi connectivity index (χ1) is 9.33. The average Bonchev–Trinajstić information content (AvgIpc) is 2.86. The van der Waals surface area contributed by atoms with E-state index in [1.807, 2.05) is 0 Å². The molecule has 1 N–H and O–H groups in total. The molecule has 1 aliphatic carbocycles. The molecule has 98 valence electrons. The first-order valence-corrected chi connectivity index (χ1v) is 7.25. The van der Waals surface area contributed by atoms with Crippen LogP contribution in [0.3, 0.4) is 0 Å². The Balaban J connectivity index is 1.72. The summed E-state index contributed by atoms with van der Waals surface area (Å²) in [5.41, 5.74) is 3.81. The van der Waals surface area contributed by atoms with Crippen molar-refractivity contribution >= 4 is 5.69 Å². The first kappa shape index (κ1) is 12.3. The van der Waals surface area contributed by atoms with E-state index in [9.17, 15) is 0 Å². The maximum atomic E-state index is 3.67. The fraction of sp³-hybridized carbons (Fsp3) is 0.333. The molecule has 2 atom stereocenters. The molecule has 0 heterocycles. The van der Waals surface area contributed by atoms with Crippen LogP contribution in [0.2, 0.25) is 0 Å². The molecule has 0 radical (unpaired) electrons. The lowest BCUT2D eigenvalue weighted by Crippen LogP contribution is -2.21. The third-order valence-corrected chi connectivity index (χ3v) is 4.21. The van der Waals surface area contributed by atoms with Crippen molar-refractivity contribution < 1.29 is 0 Å². The van der Waals surface area contributed by atoms with Crippen molar-refractivity contribution in [2.75, 3.05) is 5.32 Å². The number of rotatable bonds is 3. The number of hydrogen-bond donors (Lipinski definition) is 1.